The van der Waals surface area contributed by atoms with Gasteiger partial charge in [-0.1, -0.05) is 6.07 Å². The highest BCUT2D eigenvalue weighted by Crippen LogP contribution is 2.25. The van der Waals surface area contributed by atoms with E-state index in [1.165, 1.54) is 12.1 Å². The average molecular weight is 259 g/mol. The summed E-state index contributed by atoms with van der Waals surface area (Å²) < 4.78 is 18.8. The summed E-state index contributed by atoms with van der Waals surface area (Å²) in [6.45, 7) is 6.21. The SMILES string of the molecule is Cc1cc(OCc2ccc(F)cc2C)c(C)cc1N. The van der Waals surface area contributed by atoms with Crippen molar-refractivity contribution in [2.24, 2.45) is 0 Å². The molecule has 0 heterocycles. The van der Waals surface area contributed by atoms with Gasteiger partial charge in [-0.2, -0.15) is 0 Å². The van der Waals surface area contributed by atoms with Gasteiger partial charge in [-0.3, -0.25) is 0 Å². The van der Waals surface area contributed by atoms with E-state index in [1.807, 2.05) is 32.9 Å². The number of benzene rings is 2. The van der Waals surface area contributed by atoms with Crippen molar-refractivity contribution in [3.05, 3.63) is 58.4 Å². The standard InChI is InChI=1S/C16H18FNO/c1-10-6-14(17)5-4-13(10)9-19-16-8-11(2)15(18)7-12(16)3/h4-8H,9,18H2,1-3H3. The Hall–Kier alpha value is -2.03. The predicted octanol–water partition coefficient (Wildman–Crippen LogP) is 3.91. The number of hydrogen-bond donors (Lipinski definition) is 1. The second kappa shape index (κ2) is 5.31. The van der Waals surface area contributed by atoms with Crippen molar-refractivity contribution in [2.45, 2.75) is 27.4 Å². The molecule has 2 nitrogen and oxygen atoms in total. The number of anilines is 1. The highest BCUT2D eigenvalue weighted by molar-refractivity contribution is 5.53. The van der Waals surface area contributed by atoms with Gasteiger partial charge in [0.15, 0.2) is 0 Å². The van der Waals surface area contributed by atoms with E-state index < -0.39 is 0 Å². The molecule has 0 fully saturated rings. The van der Waals surface area contributed by atoms with E-state index in [2.05, 4.69) is 0 Å². The molecule has 0 atom stereocenters. The first-order chi connectivity index (χ1) is 8.97. The Bertz CT molecular complexity index is 608. The van der Waals surface area contributed by atoms with Crippen molar-refractivity contribution in [1.82, 2.24) is 0 Å². The predicted molar refractivity (Wildman–Crippen MR) is 75.8 cm³/mol. The summed E-state index contributed by atoms with van der Waals surface area (Å²) in [5.41, 5.74) is 10.5. The lowest BCUT2D eigenvalue weighted by Crippen LogP contribution is -2.01. The molecule has 2 aromatic carbocycles. The van der Waals surface area contributed by atoms with Gasteiger partial charge >= 0.3 is 0 Å². The molecule has 0 saturated heterocycles. The van der Waals surface area contributed by atoms with Crippen LogP contribution in [0.4, 0.5) is 10.1 Å². The Labute approximate surface area is 113 Å². The topological polar surface area (TPSA) is 35.2 Å². The molecule has 19 heavy (non-hydrogen) atoms. The molecular weight excluding hydrogens is 241 g/mol. The number of aryl methyl sites for hydroxylation is 3. The van der Waals surface area contributed by atoms with Gasteiger partial charge in [0, 0.05) is 5.69 Å². The summed E-state index contributed by atoms with van der Waals surface area (Å²) in [7, 11) is 0. The van der Waals surface area contributed by atoms with Crippen LogP contribution >= 0.6 is 0 Å². The van der Waals surface area contributed by atoms with E-state index >= 15 is 0 Å². The fourth-order valence-electron chi connectivity index (χ4n) is 1.94. The van der Waals surface area contributed by atoms with Crippen LogP contribution in [0.25, 0.3) is 0 Å². The first-order valence-corrected chi connectivity index (χ1v) is 6.22. The second-order valence-corrected chi connectivity index (χ2v) is 4.83. The van der Waals surface area contributed by atoms with E-state index in [9.17, 15) is 4.39 Å². The summed E-state index contributed by atoms with van der Waals surface area (Å²) in [6, 6.07) is 8.56. The lowest BCUT2D eigenvalue weighted by molar-refractivity contribution is 0.303. The molecule has 2 N–H and O–H groups in total. The zero-order chi connectivity index (χ0) is 14.0. The summed E-state index contributed by atoms with van der Waals surface area (Å²) in [5.74, 6) is 0.594. The molecule has 0 aliphatic heterocycles. The Morgan fingerprint density at radius 3 is 2.42 bits per heavy atom. The average Bonchev–Trinajstić information content (AvgIpc) is 2.34. The van der Waals surface area contributed by atoms with Crippen LogP contribution in [0.2, 0.25) is 0 Å². The molecular formula is C16H18FNO. The van der Waals surface area contributed by atoms with Crippen molar-refractivity contribution in [3.63, 3.8) is 0 Å². The Kier molecular flexibility index (Phi) is 3.74. The van der Waals surface area contributed by atoms with E-state index in [-0.39, 0.29) is 5.82 Å². The van der Waals surface area contributed by atoms with Crippen molar-refractivity contribution >= 4 is 5.69 Å². The van der Waals surface area contributed by atoms with Crippen molar-refractivity contribution in [1.29, 1.82) is 0 Å². The molecule has 100 valence electrons. The number of halogens is 1. The van der Waals surface area contributed by atoms with Crippen LogP contribution in [0.3, 0.4) is 0 Å². The summed E-state index contributed by atoms with van der Waals surface area (Å²) >= 11 is 0. The van der Waals surface area contributed by atoms with Crippen LogP contribution in [-0.4, -0.2) is 0 Å². The molecule has 2 aromatic rings. The molecule has 0 aliphatic carbocycles. The monoisotopic (exact) mass is 259 g/mol. The van der Waals surface area contributed by atoms with Crippen LogP contribution in [0.1, 0.15) is 22.3 Å². The summed E-state index contributed by atoms with van der Waals surface area (Å²) in [6.07, 6.45) is 0. The molecule has 0 radical (unpaired) electrons. The van der Waals surface area contributed by atoms with Crippen LogP contribution in [-0.2, 0) is 6.61 Å². The fourth-order valence-corrected chi connectivity index (χ4v) is 1.94. The number of rotatable bonds is 3. The minimum atomic E-state index is -0.222. The number of ether oxygens (including phenoxy) is 1. The highest BCUT2D eigenvalue weighted by atomic mass is 19.1. The fraction of sp³-hybridized carbons (Fsp3) is 0.250. The van der Waals surface area contributed by atoms with Gasteiger partial charge in [-0.15, -0.1) is 0 Å². The minimum absolute atomic E-state index is 0.222. The quantitative estimate of drug-likeness (QED) is 0.848. The summed E-state index contributed by atoms with van der Waals surface area (Å²) in [5, 5.41) is 0. The van der Waals surface area contributed by atoms with Crippen molar-refractivity contribution in [3.8, 4) is 5.75 Å². The molecule has 0 aliphatic rings. The molecule has 3 heteroatoms. The van der Waals surface area contributed by atoms with Crippen LogP contribution in [0, 0.1) is 26.6 Å². The Balaban J connectivity index is 2.16. The minimum Gasteiger partial charge on any atom is -0.489 e. The van der Waals surface area contributed by atoms with E-state index in [0.717, 1.165) is 33.7 Å². The van der Waals surface area contributed by atoms with Crippen molar-refractivity contribution < 1.29 is 9.13 Å². The maximum atomic E-state index is 13.0. The third-order valence-electron chi connectivity index (χ3n) is 3.25. The zero-order valence-electron chi connectivity index (χ0n) is 11.5. The smallest absolute Gasteiger partial charge is 0.123 e. The largest absolute Gasteiger partial charge is 0.489 e. The maximum Gasteiger partial charge on any atom is 0.123 e. The van der Waals surface area contributed by atoms with Crippen LogP contribution in [0.5, 0.6) is 5.75 Å². The van der Waals surface area contributed by atoms with E-state index in [1.54, 1.807) is 6.07 Å². The first kappa shape index (κ1) is 13.4. The lowest BCUT2D eigenvalue weighted by atomic mass is 10.1. The van der Waals surface area contributed by atoms with E-state index in [0.29, 0.717) is 6.61 Å². The van der Waals surface area contributed by atoms with Gasteiger partial charge in [0.1, 0.15) is 18.2 Å². The zero-order valence-corrected chi connectivity index (χ0v) is 11.5. The van der Waals surface area contributed by atoms with E-state index in [4.69, 9.17) is 10.5 Å². The van der Waals surface area contributed by atoms with Crippen LogP contribution in [0.15, 0.2) is 30.3 Å². The number of nitrogen functional groups attached to an aromatic ring is 1. The molecule has 0 saturated carbocycles. The number of hydrogen-bond acceptors (Lipinski definition) is 2. The van der Waals surface area contributed by atoms with Gasteiger partial charge in [0.25, 0.3) is 0 Å². The Morgan fingerprint density at radius 2 is 1.74 bits per heavy atom. The van der Waals surface area contributed by atoms with Gasteiger partial charge in [0.2, 0.25) is 0 Å². The van der Waals surface area contributed by atoms with Gasteiger partial charge < -0.3 is 10.5 Å². The number of nitrogens with two attached hydrogens (primary N) is 1. The molecule has 2 rings (SSSR count). The third-order valence-corrected chi connectivity index (χ3v) is 3.25. The molecule has 0 unspecified atom stereocenters. The molecule has 0 aromatic heterocycles. The first-order valence-electron chi connectivity index (χ1n) is 6.22. The van der Waals surface area contributed by atoms with Gasteiger partial charge in [-0.25, -0.2) is 4.39 Å². The normalized spacial score (nSPS) is 10.5. The molecule has 0 bridgehead atoms. The van der Waals surface area contributed by atoms with Crippen molar-refractivity contribution in [2.75, 3.05) is 5.73 Å². The Morgan fingerprint density at radius 1 is 1.00 bits per heavy atom. The van der Waals surface area contributed by atoms with Gasteiger partial charge in [-0.05, 0) is 67.3 Å². The van der Waals surface area contributed by atoms with Crippen LogP contribution < -0.4 is 10.5 Å². The lowest BCUT2D eigenvalue weighted by Gasteiger charge is -2.13. The maximum absolute atomic E-state index is 13.0. The van der Waals surface area contributed by atoms with Gasteiger partial charge in [0.05, 0.1) is 0 Å². The second-order valence-electron chi connectivity index (χ2n) is 4.83. The summed E-state index contributed by atoms with van der Waals surface area (Å²) in [4.78, 5) is 0. The molecule has 0 amide bonds. The third kappa shape index (κ3) is 3.05. The highest BCUT2D eigenvalue weighted by Gasteiger charge is 2.05. The molecule has 0 spiro atoms.